The molecule has 0 saturated heterocycles. The maximum absolute atomic E-state index is 10.8. The van der Waals surface area contributed by atoms with Crippen molar-refractivity contribution in [2.75, 3.05) is 0 Å². The van der Waals surface area contributed by atoms with Gasteiger partial charge in [-0.05, 0) is 43.2 Å². The van der Waals surface area contributed by atoms with Crippen LogP contribution < -0.4 is 0 Å². The van der Waals surface area contributed by atoms with Crippen molar-refractivity contribution in [3.05, 3.63) is 46.9 Å². The van der Waals surface area contributed by atoms with Crippen molar-refractivity contribution in [3.63, 3.8) is 0 Å². The van der Waals surface area contributed by atoms with Gasteiger partial charge >= 0.3 is 44.9 Å². The zero-order valence-corrected chi connectivity index (χ0v) is 26.6. The molecule has 1 aromatic carbocycles. The first-order chi connectivity index (χ1) is 18.2. The van der Waals surface area contributed by atoms with E-state index in [-0.39, 0.29) is 39.1 Å². The first kappa shape index (κ1) is 42.2. The number of carbonyl (C=O) groups is 4. The summed E-state index contributed by atoms with van der Waals surface area (Å²) in [7, 11) is 0. The molecule has 0 amide bonds. The molecule has 11 heteroatoms. The van der Waals surface area contributed by atoms with Crippen LogP contribution in [0.25, 0.3) is 11.5 Å². The van der Waals surface area contributed by atoms with Crippen LogP contribution >= 0.6 is 0 Å². The minimum Gasteiger partial charge on any atom is -0.676 e. The monoisotopic (exact) mass is 747 g/mol. The van der Waals surface area contributed by atoms with E-state index in [1.807, 2.05) is 38.1 Å². The average molecular weight is 748 g/mol. The van der Waals surface area contributed by atoms with Crippen molar-refractivity contribution in [3.8, 4) is 0 Å². The zero-order valence-electron chi connectivity index (χ0n) is 24.3. The first-order valence-corrected chi connectivity index (χ1v) is 13.6. The quantitative estimate of drug-likeness (QED) is 0.195. The van der Waals surface area contributed by atoms with Crippen LogP contribution in [0, 0.1) is 11.8 Å². The van der Waals surface area contributed by atoms with Crippen LogP contribution in [0.5, 0.6) is 0 Å². The summed E-state index contributed by atoms with van der Waals surface area (Å²) in [6, 6.07) is 7.71. The first-order valence-electron chi connectivity index (χ1n) is 13.6. The molecule has 6 N–H and O–H groups in total. The number of aliphatic carboxylic acids is 4. The fraction of sp³-hybridized carbons (Fsp3) is 0.655. The number of hydrogen-bond donors (Lipinski definition) is 4. The molecule has 3 unspecified atom stereocenters. The van der Waals surface area contributed by atoms with Crippen LogP contribution in [0.4, 0.5) is 0 Å². The Kier molecular flexibility index (Phi) is 25.8. The molecule has 0 aliphatic heterocycles. The molecule has 0 spiro atoms. The van der Waals surface area contributed by atoms with Gasteiger partial charge in [0, 0.05) is 0 Å². The van der Waals surface area contributed by atoms with Gasteiger partial charge in [-0.2, -0.15) is 12.1 Å². The summed E-state index contributed by atoms with van der Waals surface area (Å²) in [5.74, 6) is -4.94. The predicted octanol–water partition coefficient (Wildman–Crippen LogP) is 6.92. The van der Waals surface area contributed by atoms with Crippen molar-refractivity contribution in [1.82, 2.24) is 0 Å². The summed E-state index contributed by atoms with van der Waals surface area (Å²) in [5, 5.41) is 32.3. The van der Waals surface area contributed by atoms with Gasteiger partial charge in [0.2, 0.25) is 0 Å². The molecule has 1 aliphatic rings. The summed E-state index contributed by atoms with van der Waals surface area (Å²) in [6.07, 6.45) is 8.87. The maximum Gasteiger partial charge on any atom is 2.00 e. The summed E-state index contributed by atoms with van der Waals surface area (Å²) >= 11 is 0. The SMILES string of the molecule is CC(C)Cc1ccc(C(C)C(=O)O)cc1.CCCC(CCC)C(=O)O.O=C(O)C(=O)O.[NH-]C1CCCCC1[NH-].[Pt+2]. The van der Waals surface area contributed by atoms with Crippen LogP contribution in [0.15, 0.2) is 24.3 Å². The Morgan fingerprint density at radius 3 is 1.43 bits per heavy atom. The zero-order chi connectivity index (χ0) is 30.5. The van der Waals surface area contributed by atoms with Crippen LogP contribution in [-0.2, 0) is 46.7 Å². The van der Waals surface area contributed by atoms with E-state index in [1.165, 1.54) is 18.4 Å². The number of hydrogen-bond acceptors (Lipinski definition) is 4. The van der Waals surface area contributed by atoms with E-state index in [1.54, 1.807) is 6.92 Å². The van der Waals surface area contributed by atoms with Crippen LogP contribution in [-0.4, -0.2) is 56.4 Å². The topological polar surface area (TPSA) is 197 Å². The second-order valence-corrected chi connectivity index (χ2v) is 10.1. The molecule has 0 heterocycles. The Hall–Kier alpha value is -2.29. The Morgan fingerprint density at radius 1 is 0.775 bits per heavy atom. The van der Waals surface area contributed by atoms with Crippen LogP contribution in [0.2, 0.25) is 0 Å². The van der Waals surface area contributed by atoms with Gasteiger partial charge in [0.15, 0.2) is 0 Å². The van der Waals surface area contributed by atoms with Crippen molar-refractivity contribution in [2.45, 2.75) is 110 Å². The minimum atomic E-state index is -1.82. The second-order valence-electron chi connectivity index (χ2n) is 10.1. The number of nitrogens with one attached hydrogen (secondary N) is 2. The smallest absolute Gasteiger partial charge is 0.676 e. The second kappa shape index (κ2) is 24.5. The minimum absolute atomic E-state index is 0. The van der Waals surface area contributed by atoms with E-state index in [0.29, 0.717) is 5.92 Å². The molecule has 1 aliphatic carbocycles. The van der Waals surface area contributed by atoms with E-state index in [9.17, 15) is 9.59 Å². The molecule has 1 fully saturated rings. The van der Waals surface area contributed by atoms with E-state index in [4.69, 9.17) is 41.5 Å². The third-order valence-electron chi connectivity index (χ3n) is 6.07. The van der Waals surface area contributed by atoms with Gasteiger partial charge < -0.3 is 31.9 Å². The number of carboxylic acids is 4. The van der Waals surface area contributed by atoms with Gasteiger partial charge in [-0.1, -0.05) is 90.5 Å². The standard InChI is InChI=1S/C13H18O2.C8H16O2.C6H12N2.C2H2O4.Pt/c1-9(2)8-11-4-6-12(7-5-11)10(3)13(14)15;1-3-5-7(6-4-2)8(9)10;7-5-3-1-2-4-6(5)8;3-1(4)2(5)6;/h4-7,9-10H,8H2,1-3H3,(H,14,15);7H,3-6H2,1-2H3,(H,9,10);5-8H,1-4H2;(H,3,4)(H,5,6);/q;;-2;;+2. The fourth-order valence-electron chi connectivity index (χ4n) is 3.78. The summed E-state index contributed by atoms with van der Waals surface area (Å²) < 4.78 is 0. The molecular formula is C29H48N2O8Pt. The number of carboxylic acid groups (broad SMARTS) is 4. The Balaban J connectivity index is -0.000000480. The van der Waals surface area contributed by atoms with Gasteiger partial charge in [0.05, 0.1) is 11.8 Å². The predicted molar refractivity (Wildman–Crippen MR) is 152 cm³/mol. The summed E-state index contributed by atoms with van der Waals surface area (Å²) in [4.78, 5) is 39.4. The van der Waals surface area contributed by atoms with Crippen LogP contribution in [0.3, 0.4) is 0 Å². The van der Waals surface area contributed by atoms with E-state index in [0.717, 1.165) is 50.5 Å². The number of rotatable bonds is 9. The molecule has 232 valence electrons. The van der Waals surface area contributed by atoms with Crippen molar-refractivity contribution in [2.24, 2.45) is 11.8 Å². The third kappa shape index (κ3) is 21.5. The van der Waals surface area contributed by atoms with Crippen molar-refractivity contribution < 1.29 is 60.7 Å². The van der Waals surface area contributed by atoms with E-state index >= 15 is 0 Å². The van der Waals surface area contributed by atoms with Gasteiger partial charge in [-0.15, -0.1) is 0 Å². The molecule has 10 nitrogen and oxygen atoms in total. The number of benzene rings is 1. The van der Waals surface area contributed by atoms with Gasteiger partial charge in [-0.25, -0.2) is 9.59 Å². The molecule has 40 heavy (non-hydrogen) atoms. The normalized spacial score (nSPS) is 16.4. The van der Waals surface area contributed by atoms with E-state index in [2.05, 4.69) is 13.8 Å². The molecule has 1 saturated carbocycles. The molecule has 2 rings (SSSR count). The largest absolute Gasteiger partial charge is 2.00 e. The molecule has 0 aromatic heterocycles. The Morgan fingerprint density at radius 2 is 1.18 bits per heavy atom. The van der Waals surface area contributed by atoms with Gasteiger partial charge in [0.1, 0.15) is 0 Å². The van der Waals surface area contributed by atoms with Crippen molar-refractivity contribution in [1.29, 1.82) is 0 Å². The molecular weight excluding hydrogens is 699 g/mol. The fourth-order valence-corrected chi connectivity index (χ4v) is 3.78. The van der Waals surface area contributed by atoms with E-state index < -0.39 is 29.8 Å². The third-order valence-corrected chi connectivity index (χ3v) is 6.07. The Labute approximate surface area is 253 Å². The molecule has 3 atom stereocenters. The van der Waals surface area contributed by atoms with Crippen LogP contribution in [0.1, 0.15) is 103 Å². The maximum atomic E-state index is 10.8. The van der Waals surface area contributed by atoms with Crippen molar-refractivity contribution >= 4 is 23.9 Å². The summed E-state index contributed by atoms with van der Waals surface area (Å²) in [6.45, 7) is 10.1. The van der Waals surface area contributed by atoms with Gasteiger partial charge in [-0.3, -0.25) is 9.59 Å². The average Bonchev–Trinajstić information content (AvgIpc) is 2.86. The molecule has 0 radical (unpaired) electrons. The summed E-state index contributed by atoms with van der Waals surface area (Å²) in [5.41, 5.74) is 16.7. The molecule has 1 aromatic rings. The molecule has 0 bridgehead atoms. The van der Waals surface area contributed by atoms with Gasteiger partial charge in [0.25, 0.3) is 0 Å². The Bertz CT molecular complexity index is 821.